The first-order valence-corrected chi connectivity index (χ1v) is 6.91. The average molecular weight is 298 g/mol. The number of aliphatic carboxylic acids is 1. The van der Waals surface area contributed by atoms with Gasteiger partial charge in [0.1, 0.15) is 5.69 Å². The van der Waals surface area contributed by atoms with E-state index in [4.69, 9.17) is 5.11 Å². The molecule has 8 nitrogen and oxygen atoms in total. The maximum Gasteiger partial charge on any atom is 0.334 e. The number of aryl methyl sites for hydroxylation is 1. The summed E-state index contributed by atoms with van der Waals surface area (Å²) in [6, 6.07) is 0. The van der Waals surface area contributed by atoms with Crippen LogP contribution in [-0.2, 0) is 11.8 Å². The van der Waals surface area contributed by atoms with E-state index in [0.717, 1.165) is 0 Å². The summed E-state index contributed by atoms with van der Waals surface area (Å²) >= 11 is 0. The van der Waals surface area contributed by atoms with Gasteiger partial charge in [0.25, 0.3) is 0 Å². The number of nitrogens with zero attached hydrogens (tertiary/aromatic N) is 3. The second-order valence-electron chi connectivity index (χ2n) is 5.54. The van der Waals surface area contributed by atoms with Gasteiger partial charge < -0.3 is 10.4 Å². The lowest BCUT2D eigenvalue weighted by molar-refractivity contribution is -0.384. The molecule has 0 radical (unpaired) electrons. The molecule has 1 aromatic rings. The number of rotatable bonds is 8. The Morgan fingerprint density at radius 2 is 2.10 bits per heavy atom. The van der Waals surface area contributed by atoms with Gasteiger partial charge in [0.15, 0.2) is 0 Å². The highest BCUT2D eigenvalue weighted by atomic mass is 16.6. The number of carboxylic acids is 1. The quantitative estimate of drug-likeness (QED) is 0.563. The Morgan fingerprint density at radius 3 is 2.57 bits per heavy atom. The summed E-state index contributed by atoms with van der Waals surface area (Å²) in [5, 5.41) is 27.1. The van der Waals surface area contributed by atoms with Gasteiger partial charge in [0.2, 0.25) is 5.82 Å². The Morgan fingerprint density at radius 1 is 1.48 bits per heavy atom. The summed E-state index contributed by atoms with van der Waals surface area (Å²) in [4.78, 5) is 21.4. The Hall–Kier alpha value is -2.12. The molecule has 2 N–H and O–H groups in total. The van der Waals surface area contributed by atoms with Crippen LogP contribution in [0.3, 0.4) is 0 Å². The Balaban J connectivity index is 2.83. The summed E-state index contributed by atoms with van der Waals surface area (Å²) in [7, 11) is 1.66. The van der Waals surface area contributed by atoms with Crippen molar-refractivity contribution in [2.75, 3.05) is 11.9 Å². The number of hydrogen-bond acceptors (Lipinski definition) is 5. The second kappa shape index (κ2) is 7.05. The third-order valence-corrected chi connectivity index (χ3v) is 3.25. The number of nitrogens with one attached hydrogen (secondary N) is 1. The molecule has 1 aromatic heterocycles. The average Bonchev–Trinajstić information content (AvgIpc) is 2.71. The lowest BCUT2D eigenvalue weighted by Gasteiger charge is -2.12. The third kappa shape index (κ3) is 4.44. The van der Waals surface area contributed by atoms with Crippen molar-refractivity contribution in [1.82, 2.24) is 9.78 Å². The van der Waals surface area contributed by atoms with E-state index in [9.17, 15) is 14.9 Å². The minimum Gasteiger partial charge on any atom is -0.481 e. The summed E-state index contributed by atoms with van der Waals surface area (Å²) < 4.78 is 1.47. The first-order valence-electron chi connectivity index (χ1n) is 6.91. The zero-order valence-electron chi connectivity index (χ0n) is 12.8. The lowest BCUT2D eigenvalue weighted by atomic mass is 10.1. The summed E-state index contributed by atoms with van der Waals surface area (Å²) in [5.41, 5.74) is 0.445. The molecular weight excluding hydrogens is 276 g/mol. The molecule has 8 heteroatoms. The standard InChI is InChI=1S/C13H22N4O4/c1-8(2)11-12(17(20)21)13(16(4)15-11)14-7-9(3)5-6-10(18)19/h8-9,14H,5-7H2,1-4H3,(H,18,19). The van der Waals surface area contributed by atoms with Crippen molar-refractivity contribution < 1.29 is 14.8 Å². The Labute approximate surface area is 123 Å². The zero-order chi connectivity index (χ0) is 16.2. The molecule has 0 aliphatic rings. The molecule has 0 aliphatic carbocycles. The van der Waals surface area contributed by atoms with Gasteiger partial charge >= 0.3 is 11.7 Å². The van der Waals surface area contributed by atoms with E-state index in [0.29, 0.717) is 24.5 Å². The summed E-state index contributed by atoms with van der Waals surface area (Å²) in [5.74, 6) is -0.420. The monoisotopic (exact) mass is 298 g/mol. The van der Waals surface area contributed by atoms with Crippen LogP contribution in [0.5, 0.6) is 0 Å². The van der Waals surface area contributed by atoms with Gasteiger partial charge in [-0.1, -0.05) is 20.8 Å². The molecule has 118 valence electrons. The highest BCUT2D eigenvalue weighted by Crippen LogP contribution is 2.32. The van der Waals surface area contributed by atoms with Crippen molar-refractivity contribution in [3.63, 3.8) is 0 Å². The van der Waals surface area contributed by atoms with Gasteiger partial charge in [-0.25, -0.2) is 4.68 Å². The molecule has 0 aromatic carbocycles. The van der Waals surface area contributed by atoms with Crippen LogP contribution in [-0.4, -0.2) is 32.3 Å². The molecule has 1 atom stereocenters. The first-order chi connectivity index (χ1) is 9.73. The van der Waals surface area contributed by atoms with Crippen LogP contribution in [0.1, 0.15) is 45.2 Å². The topological polar surface area (TPSA) is 110 Å². The molecule has 0 amide bonds. The minimum atomic E-state index is -0.838. The van der Waals surface area contributed by atoms with Crippen LogP contribution in [0.25, 0.3) is 0 Å². The van der Waals surface area contributed by atoms with Crippen molar-refractivity contribution in [3.8, 4) is 0 Å². The summed E-state index contributed by atoms with van der Waals surface area (Å²) in [6.07, 6.45) is 0.610. The highest BCUT2D eigenvalue weighted by molar-refractivity contribution is 5.66. The van der Waals surface area contributed by atoms with E-state index < -0.39 is 10.9 Å². The fourth-order valence-corrected chi connectivity index (χ4v) is 2.04. The predicted molar refractivity (Wildman–Crippen MR) is 78.5 cm³/mol. The smallest absolute Gasteiger partial charge is 0.334 e. The number of nitro groups is 1. The van der Waals surface area contributed by atoms with Crippen molar-refractivity contribution in [3.05, 3.63) is 15.8 Å². The largest absolute Gasteiger partial charge is 0.481 e. The van der Waals surface area contributed by atoms with Crippen molar-refractivity contribution in [2.45, 2.75) is 39.5 Å². The normalized spacial score (nSPS) is 12.4. The van der Waals surface area contributed by atoms with Crippen LogP contribution < -0.4 is 5.32 Å². The molecule has 1 heterocycles. The van der Waals surface area contributed by atoms with Gasteiger partial charge in [-0.15, -0.1) is 0 Å². The molecule has 0 fully saturated rings. The lowest BCUT2D eigenvalue weighted by Crippen LogP contribution is -2.15. The maximum atomic E-state index is 11.3. The fraction of sp³-hybridized carbons (Fsp3) is 0.692. The number of carbonyl (C=O) groups is 1. The van der Waals surface area contributed by atoms with Crippen molar-refractivity contribution >= 4 is 17.5 Å². The van der Waals surface area contributed by atoms with Crippen LogP contribution in [0, 0.1) is 16.0 Å². The van der Waals surface area contributed by atoms with Crippen LogP contribution in [0.4, 0.5) is 11.5 Å². The SMILES string of the molecule is CC(CCC(=O)O)CNc1c([N+](=O)[O-])c(C(C)C)nn1C. The zero-order valence-corrected chi connectivity index (χ0v) is 12.8. The Kier molecular flexibility index (Phi) is 5.69. The minimum absolute atomic E-state index is 0.00191. The van der Waals surface area contributed by atoms with Gasteiger partial charge in [-0.3, -0.25) is 14.9 Å². The van der Waals surface area contributed by atoms with Crippen LogP contribution in [0.15, 0.2) is 0 Å². The molecule has 0 saturated heterocycles. The molecule has 0 saturated carbocycles. The highest BCUT2D eigenvalue weighted by Gasteiger charge is 2.28. The third-order valence-electron chi connectivity index (χ3n) is 3.25. The van der Waals surface area contributed by atoms with Crippen molar-refractivity contribution in [1.29, 1.82) is 0 Å². The number of aromatic nitrogens is 2. The predicted octanol–water partition coefficient (Wildman–Crippen LogP) is 2.36. The van der Waals surface area contributed by atoms with Crippen LogP contribution in [0.2, 0.25) is 0 Å². The van der Waals surface area contributed by atoms with E-state index >= 15 is 0 Å². The first kappa shape index (κ1) is 16.9. The molecule has 0 aliphatic heterocycles. The maximum absolute atomic E-state index is 11.3. The molecule has 1 rings (SSSR count). The molecular formula is C13H22N4O4. The van der Waals surface area contributed by atoms with Gasteiger partial charge in [-0.05, 0) is 12.3 Å². The number of carboxylic acid groups (broad SMARTS) is 1. The van der Waals surface area contributed by atoms with E-state index in [1.54, 1.807) is 7.05 Å². The van der Waals surface area contributed by atoms with E-state index in [1.807, 2.05) is 20.8 Å². The molecule has 21 heavy (non-hydrogen) atoms. The van der Waals surface area contributed by atoms with E-state index in [1.165, 1.54) is 4.68 Å². The fourth-order valence-electron chi connectivity index (χ4n) is 2.04. The molecule has 0 bridgehead atoms. The van der Waals surface area contributed by atoms with E-state index in [2.05, 4.69) is 10.4 Å². The second-order valence-corrected chi connectivity index (χ2v) is 5.54. The molecule has 1 unspecified atom stereocenters. The number of hydrogen-bond donors (Lipinski definition) is 2. The van der Waals surface area contributed by atoms with Gasteiger partial charge in [-0.2, -0.15) is 5.10 Å². The van der Waals surface area contributed by atoms with Crippen molar-refractivity contribution in [2.24, 2.45) is 13.0 Å². The van der Waals surface area contributed by atoms with Crippen LogP contribution >= 0.6 is 0 Å². The van der Waals surface area contributed by atoms with Gasteiger partial charge in [0.05, 0.1) is 4.92 Å². The summed E-state index contributed by atoms with van der Waals surface area (Å²) in [6.45, 7) is 6.08. The number of anilines is 1. The van der Waals surface area contributed by atoms with E-state index in [-0.39, 0.29) is 23.9 Å². The molecule has 0 spiro atoms. The van der Waals surface area contributed by atoms with Gasteiger partial charge in [0, 0.05) is 25.9 Å². The Bertz CT molecular complexity index is 524.